The molecule has 2 aromatic heterocycles. The van der Waals surface area contributed by atoms with E-state index in [4.69, 9.17) is 23.2 Å². The number of benzene rings is 2. The van der Waals surface area contributed by atoms with Gasteiger partial charge in [-0.2, -0.15) is 5.10 Å². The van der Waals surface area contributed by atoms with Crippen LogP contribution in [0.2, 0.25) is 10.0 Å². The first-order chi connectivity index (χ1) is 17.4. The number of hydrogen-bond donors (Lipinski definition) is 1. The Hall–Kier alpha value is -3.46. The summed E-state index contributed by atoms with van der Waals surface area (Å²) in [6, 6.07) is 15.4. The summed E-state index contributed by atoms with van der Waals surface area (Å²) in [6.45, 7) is 0.708. The van der Waals surface area contributed by atoms with Gasteiger partial charge in [0.1, 0.15) is 0 Å². The maximum Gasteiger partial charge on any atom is 0.228 e. The predicted octanol–water partition coefficient (Wildman–Crippen LogP) is 5.44. The van der Waals surface area contributed by atoms with Crippen molar-refractivity contribution in [3.8, 4) is 16.9 Å². The van der Waals surface area contributed by atoms with Gasteiger partial charge in [0, 0.05) is 42.1 Å². The number of hydrogen-bond acceptors (Lipinski definition) is 6. The molecule has 2 aromatic carbocycles. The summed E-state index contributed by atoms with van der Waals surface area (Å²) >= 11 is 12.7. The molecule has 1 amide bonds. The summed E-state index contributed by atoms with van der Waals surface area (Å²) in [5, 5.41) is 8.63. The largest absolute Gasteiger partial charge is 0.324 e. The van der Waals surface area contributed by atoms with Crippen molar-refractivity contribution in [2.45, 2.75) is 18.9 Å². The predicted molar refractivity (Wildman–Crippen MR) is 143 cm³/mol. The Kier molecular flexibility index (Phi) is 6.91. The van der Waals surface area contributed by atoms with Gasteiger partial charge in [-0.1, -0.05) is 35.3 Å². The molecule has 1 saturated heterocycles. The zero-order chi connectivity index (χ0) is 25.2. The lowest BCUT2D eigenvalue weighted by molar-refractivity contribution is -0.120. The van der Waals surface area contributed by atoms with Gasteiger partial charge in [-0.3, -0.25) is 4.79 Å². The highest BCUT2D eigenvalue weighted by Crippen LogP contribution is 2.29. The molecule has 4 aromatic rings. The highest BCUT2D eigenvalue weighted by molar-refractivity contribution is 6.33. The van der Waals surface area contributed by atoms with Gasteiger partial charge in [0.2, 0.25) is 11.9 Å². The smallest absolute Gasteiger partial charge is 0.228 e. The molecule has 8 nitrogen and oxygen atoms in total. The summed E-state index contributed by atoms with van der Waals surface area (Å²) < 4.78 is 1.69. The Morgan fingerprint density at radius 3 is 2.53 bits per heavy atom. The van der Waals surface area contributed by atoms with Crippen LogP contribution in [0.3, 0.4) is 0 Å². The average molecular weight is 522 g/mol. The highest BCUT2D eigenvalue weighted by Gasteiger charge is 2.27. The molecule has 0 saturated carbocycles. The number of rotatable bonds is 6. The monoisotopic (exact) mass is 521 g/mol. The minimum Gasteiger partial charge on any atom is -0.324 e. The Morgan fingerprint density at radius 1 is 1.03 bits per heavy atom. The fourth-order valence-corrected chi connectivity index (χ4v) is 4.65. The molecular weight excluding hydrogens is 497 g/mol. The molecule has 1 N–H and O–H groups in total. The lowest BCUT2D eigenvalue weighted by atomic mass is 10.0. The number of amides is 1. The van der Waals surface area contributed by atoms with E-state index in [0.717, 1.165) is 29.0 Å². The summed E-state index contributed by atoms with van der Waals surface area (Å²) in [6.07, 6.45) is 6.55. The third-order valence-corrected chi connectivity index (χ3v) is 6.86. The number of aromatic nitrogens is 4. The second-order valence-corrected chi connectivity index (χ2v) is 9.66. The van der Waals surface area contributed by atoms with Gasteiger partial charge in [-0.05, 0) is 56.9 Å². The third kappa shape index (κ3) is 5.06. The Morgan fingerprint density at radius 2 is 1.81 bits per heavy atom. The van der Waals surface area contributed by atoms with Crippen LogP contribution in [0.4, 0.5) is 17.3 Å². The minimum absolute atomic E-state index is 0.142. The van der Waals surface area contributed by atoms with E-state index in [9.17, 15) is 4.79 Å². The van der Waals surface area contributed by atoms with Crippen LogP contribution in [0.5, 0.6) is 0 Å². The van der Waals surface area contributed by atoms with Gasteiger partial charge in [0.05, 0.1) is 33.8 Å². The number of para-hydroxylation sites is 1. The number of carbonyl (C=O) groups excluding carboxylic acids is 1. The van der Waals surface area contributed by atoms with E-state index in [2.05, 4.69) is 25.3 Å². The van der Waals surface area contributed by atoms with E-state index in [-0.39, 0.29) is 5.91 Å². The molecule has 36 heavy (non-hydrogen) atoms. The topological polar surface area (TPSA) is 79.2 Å². The number of anilines is 3. The highest BCUT2D eigenvalue weighted by atomic mass is 35.5. The summed E-state index contributed by atoms with van der Waals surface area (Å²) in [5.74, 6) is 0.541. The fourth-order valence-electron chi connectivity index (χ4n) is 4.23. The zero-order valence-corrected chi connectivity index (χ0v) is 21.4. The molecule has 0 unspecified atom stereocenters. The summed E-state index contributed by atoms with van der Waals surface area (Å²) in [7, 11) is 4.03. The van der Waals surface area contributed by atoms with Gasteiger partial charge < -0.3 is 15.1 Å². The van der Waals surface area contributed by atoms with E-state index in [1.807, 2.05) is 73.7 Å². The van der Waals surface area contributed by atoms with Crippen LogP contribution < -0.4 is 10.2 Å². The quantitative estimate of drug-likeness (QED) is 0.364. The van der Waals surface area contributed by atoms with Gasteiger partial charge in [-0.25, -0.2) is 14.6 Å². The van der Waals surface area contributed by atoms with Crippen molar-refractivity contribution in [3.63, 3.8) is 0 Å². The van der Waals surface area contributed by atoms with Crippen molar-refractivity contribution < 1.29 is 4.79 Å². The third-order valence-electron chi connectivity index (χ3n) is 6.26. The SMILES string of the molecule is CN(C)[C@H]1CCN(c2ccc(Nc3ncc(Cl)c(-c4cnn(-c5ccccc5Cl)c4)n3)cc2)C(=O)C1. The van der Waals surface area contributed by atoms with Crippen molar-refractivity contribution in [2.75, 3.05) is 30.9 Å². The van der Waals surface area contributed by atoms with Gasteiger partial charge >= 0.3 is 0 Å². The first-order valence-electron chi connectivity index (χ1n) is 11.6. The number of nitrogens with one attached hydrogen (secondary N) is 1. The Bertz CT molecular complexity index is 1390. The normalized spacial score (nSPS) is 16.0. The second-order valence-electron chi connectivity index (χ2n) is 8.84. The van der Waals surface area contributed by atoms with Crippen LogP contribution >= 0.6 is 23.2 Å². The number of piperidine rings is 1. The molecule has 184 valence electrons. The van der Waals surface area contributed by atoms with E-state index >= 15 is 0 Å². The maximum absolute atomic E-state index is 12.6. The van der Waals surface area contributed by atoms with E-state index in [1.54, 1.807) is 17.1 Å². The van der Waals surface area contributed by atoms with Crippen LogP contribution in [-0.4, -0.2) is 57.2 Å². The maximum atomic E-state index is 12.6. The van der Waals surface area contributed by atoms with Gasteiger partial charge in [-0.15, -0.1) is 0 Å². The standard InChI is InChI=1S/C26H25Cl2N7O/c1-33(2)20-11-12-34(24(36)13-20)19-9-7-18(8-10-19)31-26-29-15-22(28)25(32-26)17-14-30-35(16-17)23-6-4-3-5-21(23)27/h3-10,14-16,20H,11-13H2,1-2H3,(H,29,31,32)/t20-/m0/s1. The van der Waals surface area contributed by atoms with Crippen LogP contribution in [0.1, 0.15) is 12.8 Å². The van der Waals surface area contributed by atoms with Crippen LogP contribution in [0, 0.1) is 0 Å². The summed E-state index contributed by atoms with van der Waals surface area (Å²) in [5.41, 5.74) is 3.74. The van der Waals surface area contributed by atoms with Crippen molar-refractivity contribution >= 4 is 46.4 Å². The zero-order valence-electron chi connectivity index (χ0n) is 19.9. The minimum atomic E-state index is 0.142. The number of halogens is 2. The van der Waals surface area contributed by atoms with Crippen LogP contribution in [-0.2, 0) is 4.79 Å². The molecule has 0 bridgehead atoms. The number of carbonyl (C=O) groups is 1. The van der Waals surface area contributed by atoms with Crippen LogP contribution in [0.15, 0.2) is 67.1 Å². The molecule has 1 atom stereocenters. The van der Waals surface area contributed by atoms with Crippen molar-refractivity contribution in [2.24, 2.45) is 0 Å². The van der Waals surface area contributed by atoms with Crippen molar-refractivity contribution in [3.05, 3.63) is 77.2 Å². The van der Waals surface area contributed by atoms with Crippen molar-refractivity contribution in [1.82, 2.24) is 24.6 Å². The molecule has 0 aliphatic carbocycles. The second kappa shape index (κ2) is 10.3. The number of nitrogens with zero attached hydrogens (tertiary/aromatic N) is 6. The van der Waals surface area contributed by atoms with Gasteiger partial charge in [0.15, 0.2) is 0 Å². The Labute approximate surface area is 219 Å². The average Bonchev–Trinajstić information content (AvgIpc) is 3.36. The van der Waals surface area contributed by atoms with Crippen LogP contribution in [0.25, 0.3) is 16.9 Å². The molecular formula is C26H25Cl2N7O. The Balaban J connectivity index is 1.31. The molecule has 3 heterocycles. The lowest BCUT2D eigenvalue weighted by Gasteiger charge is -2.34. The first kappa shape index (κ1) is 24.2. The first-order valence-corrected chi connectivity index (χ1v) is 12.3. The molecule has 1 fully saturated rings. The molecule has 10 heteroatoms. The van der Waals surface area contributed by atoms with E-state index < -0.39 is 0 Å². The van der Waals surface area contributed by atoms with E-state index in [0.29, 0.717) is 40.7 Å². The molecule has 5 rings (SSSR count). The molecule has 0 radical (unpaired) electrons. The van der Waals surface area contributed by atoms with Gasteiger partial charge in [0.25, 0.3) is 0 Å². The molecule has 1 aliphatic rings. The molecule has 1 aliphatic heterocycles. The lowest BCUT2D eigenvalue weighted by Crippen LogP contribution is -2.45. The summed E-state index contributed by atoms with van der Waals surface area (Å²) in [4.78, 5) is 25.5. The molecule has 0 spiro atoms. The van der Waals surface area contributed by atoms with Crippen molar-refractivity contribution in [1.29, 1.82) is 0 Å². The van der Waals surface area contributed by atoms with E-state index in [1.165, 1.54) is 0 Å². The fraction of sp³-hybridized carbons (Fsp3) is 0.231.